The molecule has 2 fully saturated rings. The standard InChI is InChI=1S/C24H25ClN6O2/c1-30-22(27-28-29-30)16-7-5-10-19(13-16)26-23(32)21-14-15-6-2-3-11-20(15)31(21)24(33)17-8-4-9-18(25)12-17/h4-5,7-10,12-13,15,20-21H,2-3,6,11,14H2,1H3,(H,26,32)/t15-,20-,21+/m1/s1. The molecular weight excluding hydrogens is 440 g/mol. The van der Waals surface area contributed by atoms with Gasteiger partial charge in [-0.15, -0.1) is 5.10 Å². The second-order valence-corrected chi connectivity index (χ2v) is 9.22. The summed E-state index contributed by atoms with van der Waals surface area (Å²) in [5.41, 5.74) is 1.96. The van der Waals surface area contributed by atoms with E-state index >= 15 is 0 Å². The van der Waals surface area contributed by atoms with Crippen molar-refractivity contribution < 1.29 is 9.59 Å². The highest BCUT2D eigenvalue weighted by atomic mass is 35.5. The van der Waals surface area contributed by atoms with Gasteiger partial charge in [0.15, 0.2) is 5.82 Å². The summed E-state index contributed by atoms with van der Waals surface area (Å²) < 4.78 is 1.58. The average molecular weight is 465 g/mol. The molecule has 8 nitrogen and oxygen atoms in total. The van der Waals surface area contributed by atoms with Crippen molar-refractivity contribution in [1.29, 1.82) is 0 Å². The van der Waals surface area contributed by atoms with Crippen molar-refractivity contribution in [3.63, 3.8) is 0 Å². The van der Waals surface area contributed by atoms with E-state index in [2.05, 4.69) is 20.8 Å². The lowest BCUT2D eigenvalue weighted by molar-refractivity contribution is -0.120. The van der Waals surface area contributed by atoms with Crippen LogP contribution in [0.3, 0.4) is 0 Å². The number of carbonyl (C=O) groups is 2. The Morgan fingerprint density at radius 2 is 1.91 bits per heavy atom. The molecular formula is C24H25ClN6O2. The first-order chi connectivity index (χ1) is 16.0. The lowest BCUT2D eigenvalue weighted by atomic mass is 9.84. The highest BCUT2D eigenvalue weighted by molar-refractivity contribution is 6.31. The van der Waals surface area contributed by atoms with Gasteiger partial charge in [-0.05, 0) is 65.9 Å². The number of hydrogen-bond acceptors (Lipinski definition) is 5. The molecule has 3 atom stereocenters. The number of benzene rings is 2. The molecule has 1 aromatic heterocycles. The Balaban J connectivity index is 1.41. The van der Waals surface area contributed by atoms with E-state index in [0.717, 1.165) is 31.2 Å². The first-order valence-electron chi connectivity index (χ1n) is 11.2. The Bertz CT molecular complexity index is 1190. The average Bonchev–Trinajstić information content (AvgIpc) is 3.42. The molecule has 0 spiro atoms. The molecule has 1 saturated heterocycles. The summed E-state index contributed by atoms with van der Waals surface area (Å²) in [5, 5.41) is 15.1. The maximum absolute atomic E-state index is 13.5. The van der Waals surface area contributed by atoms with Crippen LogP contribution in [0.5, 0.6) is 0 Å². The van der Waals surface area contributed by atoms with E-state index in [1.165, 1.54) is 0 Å². The van der Waals surface area contributed by atoms with Gasteiger partial charge in [-0.25, -0.2) is 4.68 Å². The number of aromatic nitrogens is 4. The molecule has 1 saturated carbocycles. The zero-order chi connectivity index (χ0) is 22.9. The number of aryl methyl sites for hydroxylation is 1. The van der Waals surface area contributed by atoms with Crippen LogP contribution in [-0.4, -0.2) is 49.0 Å². The Morgan fingerprint density at radius 3 is 2.70 bits per heavy atom. The topological polar surface area (TPSA) is 93.0 Å². The van der Waals surface area contributed by atoms with Gasteiger partial charge in [0.2, 0.25) is 5.91 Å². The molecule has 3 aromatic rings. The van der Waals surface area contributed by atoms with Gasteiger partial charge in [0.25, 0.3) is 5.91 Å². The van der Waals surface area contributed by atoms with Gasteiger partial charge in [0.1, 0.15) is 6.04 Å². The Morgan fingerprint density at radius 1 is 1.09 bits per heavy atom. The molecule has 5 rings (SSSR count). The maximum atomic E-state index is 13.5. The van der Waals surface area contributed by atoms with Crippen molar-refractivity contribution in [3.05, 3.63) is 59.1 Å². The molecule has 1 N–H and O–H groups in total. The number of amides is 2. The SMILES string of the molecule is Cn1nnnc1-c1cccc(NC(=O)[C@@H]2C[C@H]3CCCC[C@H]3N2C(=O)c2cccc(Cl)c2)c1. The van der Waals surface area contributed by atoms with Crippen LogP contribution in [0.2, 0.25) is 5.02 Å². The molecule has 2 aromatic carbocycles. The van der Waals surface area contributed by atoms with E-state index in [0.29, 0.717) is 34.4 Å². The molecule has 0 unspecified atom stereocenters. The number of hydrogen-bond donors (Lipinski definition) is 1. The number of tetrazole rings is 1. The van der Waals surface area contributed by atoms with Crippen LogP contribution in [0, 0.1) is 5.92 Å². The summed E-state index contributed by atoms with van der Waals surface area (Å²) in [6.45, 7) is 0. The number of nitrogens with zero attached hydrogens (tertiary/aromatic N) is 5. The van der Waals surface area contributed by atoms with Crippen LogP contribution >= 0.6 is 11.6 Å². The molecule has 2 amide bonds. The van der Waals surface area contributed by atoms with Crippen LogP contribution in [0.1, 0.15) is 42.5 Å². The van der Waals surface area contributed by atoms with Gasteiger partial charge in [0.05, 0.1) is 0 Å². The monoisotopic (exact) mass is 464 g/mol. The minimum Gasteiger partial charge on any atom is -0.324 e. The van der Waals surface area contributed by atoms with E-state index in [-0.39, 0.29) is 17.9 Å². The van der Waals surface area contributed by atoms with Crippen molar-refractivity contribution >= 4 is 29.1 Å². The number of halogens is 1. The van der Waals surface area contributed by atoms with Crippen molar-refractivity contribution in [3.8, 4) is 11.4 Å². The van der Waals surface area contributed by atoms with E-state index in [1.54, 1.807) is 40.9 Å². The number of anilines is 1. The molecule has 0 radical (unpaired) electrons. The zero-order valence-corrected chi connectivity index (χ0v) is 19.1. The summed E-state index contributed by atoms with van der Waals surface area (Å²) in [6, 6.07) is 13.9. The van der Waals surface area contributed by atoms with Gasteiger partial charge in [-0.3, -0.25) is 9.59 Å². The summed E-state index contributed by atoms with van der Waals surface area (Å²) in [6.07, 6.45) is 4.86. The van der Waals surface area contributed by atoms with E-state index in [9.17, 15) is 9.59 Å². The third kappa shape index (κ3) is 4.23. The number of likely N-dealkylation sites (tertiary alicyclic amines) is 1. The second kappa shape index (κ2) is 8.94. The predicted molar refractivity (Wildman–Crippen MR) is 125 cm³/mol. The molecule has 0 bridgehead atoms. The fourth-order valence-electron chi connectivity index (χ4n) is 5.19. The summed E-state index contributed by atoms with van der Waals surface area (Å²) in [4.78, 5) is 28.8. The first kappa shape index (κ1) is 21.6. The number of fused-ring (bicyclic) bond motifs is 1. The quantitative estimate of drug-likeness (QED) is 0.631. The van der Waals surface area contributed by atoms with Gasteiger partial charge >= 0.3 is 0 Å². The van der Waals surface area contributed by atoms with E-state index < -0.39 is 6.04 Å². The van der Waals surface area contributed by atoms with Crippen molar-refractivity contribution in [1.82, 2.24) is 25.1 Å². The summed E-state index contributed by atoms with van der Waals surface area (Å²) >= 11 is 6.14. The molecule has 2 aliphatic rings. The molecule has 1 aliphatic carbocycles. The Kier molecular flexibility index (Phi) is 5.85. The van der Waals surface area contributed by atoms with Crippen LogP contribution in [0.15, 0.2) is 48.5 Å². The zero-order valence-electron chi connectivity index (χ0n) is 18.3. The van der Waals surface area contributed by atoms with E-state index in [1.807, 2.05) is 24.3 Å². The fourth-order valence-corrected chi connectivity index (χ4v) is 5.38. The lowest BCUT2D eigenvalue weighted by Gasteiger charge is -2.33. The minimum atomic E-state index is -0.523. The van der Waals surface area contributed by atoms with Crippen LogP contribution in [0.4, 0.5) is 5.69 Å². The van der Waals surface area contributed by atoms with Gasteiger partial charge in [-0.1, -0.05) is 42.6 Å². The third-order valence-corrected chi connectivity index (χ3v) is 6.94. The molecule has 1 aliphatic heterocycles. The predicted octanol–water partition coefficient (Wildman–Crippen LogP) is 3.94. The highest BCUT2D eigenvalue weighted by Gasteiger charge is 2.47. The smallest absolute Gasteiger partial charge is 0.254 e. The Hall–Kier alpha value is -3.26. The molecule has 170 valence electrons. The minimum absolute atomic E-state index is 0.0806. The van der Waals surface area contributed by atoms with Crippen LogP contribution < -0.4 is 5.32 Å². The molecule has 2 heterocycles. The van der Waals surface area contributed by atoms with Crippen LogP contribution in [-0.2, 0) is 11.8 Å². The van der Waals surface area contributed by atoms with Gasteiger partial charge in [-0.2, -0.15) is 0 Å². The second-order valence-electron chi connectivity index (χ2n) is 8.78. The maximum Gasteiger partial charge on any atom is 0.254 e. The third-order valence-electron chi connectivity index (χ3n) is 6.71. The molecule has 9 heteroatoms. The number of carbonyl (C=O) groups excluding carboxylic acids is 2. The lowest BCUT2D eigenvalue weighted by Crippen LogP contribution is -2.47. The largest absolute Gasteiger partial charge is 0.324 e. The van der Waals surface area contributed by atoms with Crippen LogP contribution in [0.25, 0.3) is 11.4 Å². The normalized spacial score (nSPS) is 22.1. The first-order valence-corrected chi connectivity index (χ1v) is 11.6. The van der Waals surface area contributed by atoms with Gasteiger partial charge in [0, 0.05) is 34.9 Å². The summed E-state index contributed by atoms with van der Waals surface area (Å²) in [5.74, 6) is 0.642. The van der Waals surface area contributed by atoms with E-state index in [4.69, 9.17) is 11.6 Å². The number of nitrogens with one attached hydrogen (secondary N) is 1. The van der Waals surface area contributed by atoms with Crippen molar-refractivity contribution in [2.75, 3.05) is 5.32 Å². The highest BCUT2D eigenvalue weighted by Crippen LogP contribution is 2.41. The number of rotatable bonds is 4. The fraction of sp³-hybridized carbons (Fsp3) is 0.375. The van der Waals surface area contributed by atoms with Gasteiger partial charge < -0.3 is 10.2 Å². The molecule has 33 heavy (non-hydrogen) atoms. The Labute approximate surface area is 196 Å². The van der Waals surface area contributed by atoms with Crippen molar-refractivity contribution in [2.24, 2.45) is 13.0 Å². The van der Waals surface area contributed by atoms with Crippen molar-refractivity contribution in [2.45, 2.75) is 44.2 Å². The summed E-state index contributed by atoms with van der Waals surface area (Å²) in [7, 11) is 1.76.